The molecule has 0 atom stereocenters. The topological polar surface area (TPSA) is 115 Å². The van der Waals surface area contributed by atoms with Crippen molar-refractivity contribution in [1.82, 2.24) is 28.9 Å². The van der Waals surface area contributed by atoms with Gasteiger partial charge in [0.05, 0.1) is 24.3 Å². The maximum absolute atomic E-state index is 13.2. The molecule has 0 aliphatic carbocycles. The van der Waals surface area contributed by atoms with E-state index in [2.05, 4.69) is 4.98 Å². The van der Waals surface area contributed by atoms with Crippen molar-refractivity contribution in [2.45, 2.75) is 18.1 Å². The first kappa shape index (κ1) is 22.2. The number of benzene rings is 1. The van der Waals surface area contributed by atoms with Gasteiger partial charge in [0.2, 0.25) is 0 Å². The van der Waals surface area contributed by atoms with Crippen LogP contribution < -0.4 is 0 Å². The van der Waals surface area contributed by atoms with E-state index in [1.54, 1.807) is 12.1 Å². The summed E-state index contributed by atoms with van der Waals surface area (Å²) in [5, 5.41) is 15.1. The average Bonchev–Trinajstić information content (AvgIpc) is 3.34. The van der Waals surface area contributed by atoms with Gasteiger partial charge >= 0.3 is 5.91 Å². The molecule has 13 heteroatoms. The Morgan fingerprint density at radius 2 is 1.79 bits per heavy atom. The third-order valence-corrected chi connectivity index (χ3v) is 8.23. The van der Waals surface area contributed by atoms with E-state index in [1.807, 2.05) is 24.1 Å². The molecule has 176 valence electrons. The standard InChI is InChI=1S/C20H23ClN6O5S/c1-23-11-15-17(12-24(23)2)32-19(22-15)20(28)25-5-7-26(8-6-25)33(30,31)18-9-13-3-4-14(21)10-16(13)27(18)29/h3-4,9-10,29H,5-8,11-12H2,1-2H3. The van der Waals surface area contributed by atoms with E-state index in [0.29, 0.717) is 39.5 Å². The summed E-state index contributed by atoms with van der Waals surface area (Å²) in [6.07, 6.45) is 0. The molecule has 33 heavy (non-hydrogen) atoms. The molecule has 5 rings (SSSR count). The molecule has 1 saturated heterocycles. The zero-order valence-electron chi connectivity index (χ0n) is 18.1. The number of halogens is 1. The van der Waals surface area contributed by atoms with Crippen molar-refractivity contribution in [1.29, 1.82) is 0 Å². The van der Waals surface area contributed by atoms with Crippen LogP contribution >= 0.6 is 11.6 Å². The number of fused-ring (bicyclic) bond motifs is 2. The summed E-state index contributed by atoms with van der Waals surface area (Å²) in [5.74, 6) is 0.320. The summed E-state index contributed by atoms with van der Waals surface area (Å²) in [6, 6.07) is 6.18. The summed E-state index contributed by atoms with van der Waals surface area (Å²) >= 11 is 5.97. The second-order valence-electron chi connectivity index (χ2n) is 8.21. The molecule has 0 saturated carbocycles. The van der Waals surface area contributed by atoms with Gasteiger partial charge in [0, 0.05) is 50.7 Å². The van der Waals surface area contributed by atoms with Crippen molar-refractivity contribution in [2.75, 3.05) is 40.3 Å². The predicted molar refractivity (Wildman–Crippen MR) is 118 cm³/mol. The Morgan fingerprint density at radius 3 is 2.52 bits per heavy atom. The molecule has 0 radical (unpaired) electrons. The third kappa shape index (κ3) is 3.77. The van der Waals surface area contributed by atoms with E-state index >= 15 is 0 Å². The van der Waals surface area contributed by atoms with E-state index in [9.17, 15) is 18.4 Å². The molecular formula is C20H23ClN6O5S. The quantitative estimate of drug-likeness (QED) is 0.544. The zero-order chi connectivity index (χ0) is 23.5. The smallest absolute Gasteiger partial charge is 0.309 e. The van der Waals surface area contributed by atoms with Crippen molar-refractivity contribution in [3.8, 4) is 0 Å². The normalized spacial score (nSPS) is 18.7. The zero-order valence-corrected chi connectivity index (χ0v) is 19.7. The molecule has 2 aliphatic rings. The Bertz CT molecular complexity index is 1320. The second-order valence-corrected chi connectivity index (χ2v) is 10.5. The summed E-state index contributed by atoms with van der Waals surface area (Å²) in [6.45, 7) is 1.61. The van der Waals surface area contributed by atoms with E-state index in [-0.39, 0.29) is 43.0 Å². The maximum atomic E-state index is 13.2. The molecule has 1 amide bonds. The van der Waals surface area contributed by atoms with Gasteiger partial charge in [-0.3, -0.25) is 4.79 Å². The lowest BCUT2D eigenvalue weighted by molar-refractivity contribution is -0.0103. The fraction of sp³-hybridized carbons (Fsp3) is 0.400. The predicted octanol–water partition coefficient (Wildman–Crippen LogP) is 1.46. The Morgan fingerprint density at radius 1 is 1.09 bits per heavy atom. The summed E-state index contributed by atoms with van der Waals surface area (Å²) < 4.78 is 33.9. The molecule has 3 aromatic rings. The molecule has 2 aliphatic heterocycles. The largest absolute Gasteiger partial charge is 0.436 e. The van der Waals surface area contributed by atoms with Crippen molar-refractivity contribution in [2.24, 2.45) is 0 Å². The molecule has 2 aromatic heterocycles. The van der Waals surface area contributed by atoms with Crippen LogP contribution in [0.5, 0.6) is 0 Å². The molecule has 1 aromatic carbocycles. The van der Waals surface area contributed by atoms with E-state index in [4.69, 9.17) is 16.0 Å². The molecule has 4 heterocycles. The number of hydrazine groups is 1. The molecular weight excluding hydrogens is 472 g/mol. The molecule has 1 N–H and O–H groups in total. The van der Waals surface area contributed by atoms with Crippen molar-refractivity contribution in [3.05, 3.63) is 46.6 Å². The minimum absolute atomic E-state index is 0.0207. The second kappa shape index (κ2) is 7.99. The summed E-state index contributed by atoms with van der Waals surface area (Å²) in [5.41, 5.74) is 1.04. The lowest BCUT2D eigenvalue weighted by Crippen LogP contribution is -2.50. The van der Waals surface area contributed by atoms with Gasteiger partial charge in [-0.1, -0.05) is 17.7 Å². The van der Waals surface area contributed by atoms with Crippen LogP contribution in [0.15, 0.2) is 33.7 Å². The van der Waals surface area contributed by atoms with Crippen LogP contribution in [-0.4, -0.2) is 88.7 Å². The number of sulfonamides is 1. The van der Waals surface area contributed by atoms with Gasteiger partial charge in [-0.2, -0.15) is 9.04 Å². The van der Waals surface area contributed by atoms with Crippen LogP contribution in [0.25, 0.3) is 10.9 Å². The number of amides is 1. The van der Waals surface area contributed by atoms with Crippen LogP contribution in [0.1, 0.15) is 22.1 Å². The number of rotatable bonds is 3. The van der Waals surface area contributed by atoms with Gasteiger partial charge in [0.25, 0.3) is 15.9 Å². The Hall–Kier alpha value is -2.64. The van der Waals surface area contributed by atoms with Gasteiger partial charge in [-0.25, -0.2) is 23.4 Å². The Labute approximate surface area is 195 Å². The lowest BCUT2D eigenvalue weighted by atomic mass is 10.2. The Kier molecular flexibility index (Phi) is 5.37. The van der Waals surface area contributed by atoms with E-state index in [0.717, 1.165) is 5.69 Å². The molecule has 0 bridgehead atoms. The maximum Gasteiger partial charge on any atom is 0.309 e. The third-order valence-electron chi connectivity index (χ3n) is 6.13. The Balaban J connectivity index is 1.31. The van der Waals surface area contributed by atoms with Crippen LogP contribution in [0, 0.1) is 0 Å². The van der Waals surface area contributed by atoms with E-state index < -0.39 is 10.0 Å². The number of carbonyl (C=O) groups is 1. The van der Waals surface area contributed by atoms with Crippen molar-refractivity contribution >= 4 is 38.4 Å². The van der Waals surface area contributed by atoms with Gasteiger partial charge in [0.15, 0.2) is 5.03 Å². The number of aromatic nitrogens is 2. The first-order valence-electron chi connectivity index (χ1n) is 10.4. The minimum atomic E-state index is -3.98. The fourth-order valence-electron chi connectivity index (χ4n) is 4.11. The number of nitrogens with zero attached hydrogens (tertiary/aromatic N) is 6. The number of piperazine rings is 1. The van der Waals surface area contributed by atoms with Gasteiger partial charge in [-0.15, -0.1) is 0 Å². The van der Waals surface area contributed by atoms with Crippen LogP contribution in [-0.2, 0) is 23.1 Å². The van der Waals surface area contributed by atoms with Gasteiger partial charge in [0.1, 0.15) is 5.76 Å². The number of carbonyl (C=O) groups excluding carboxylic acids is 1. The first-order valence-corrected chi connectivity index (χ1v) is 12.2. The minimum Gasteiger partial charge on any atom is -0.436 e. The highest BCUT2D eigenvalue weighted by Crippen LogP contribution is 2.28. The van der Waals surface area contributed by atoms with Crippen LogP contribution in [0.2, 0.25) is 5.02 Å². The SMILES string of the molecule is CN1Cc2nc(C(=O)N3CCN(S(=O)(=O)c4cc5ccc(Cl)cc5n4O)CC3)oc2CN1C. The number of hydrogen-bond acceptors (Lipinski definition) is 8. The van der Waals surface area contributed by atoms with Crippen molar-refractivity contribution < 1.29 is 22.8 Å². The fourth-order valence-corrected chi connectivity index (χ4v) is 5.77. The summed E-state index contributed by atoms with van der Waals surface area (Å²) in [4.78, 5) is 18.8. The highest BCUT2D eigenvalue weighted by molar-refractivity contribution is 7.89. The molecule has 0 unspecified atom stereocenters. The highest BCUT2D eigenvalue weighted by atomic mass is 35.5. The lowest BCUT2D eigenvalue weighted by Gasteiger charge is -2.33. The van der Waals surface area contributed by atoms with Gasteiger partial charge in [-0.05, 0) is 18.2 Å². The van der Waals surface area contributed by atoms with E-state index in [1.165, 1.54) is 21.3 Å². The first-order chi connectivity index (χ1) is 15.6. The van der Waals surface area contributed by atoms with Crippen molar-refractivity contribution in [3.63, 3.8) is 0 Å². The summed E-state index contributed by atoms with van der Waals surface area (Å²) in [7, 11) is -0.127. The highest BCUT2D eigenvalue weighted by Gasteiger charge is 2.35. The van der Waals surface area contributed by atoms with Crippen LogP contribution in [0.3, 0.4) is 0 Å². The monoisotopic (exact) mass is 494 g/mol. The average molecular weight is 495 g/mol. The molecule has 0 spiro atoms. The van der Waals surface area contributed by atoms with Crippen LogP contribution in [0.4, 0.5) is 0 Å². The molecule has 11 nitrogen and oxygen atoms in total. The number of hydrogen-bond donors (Lipinski definition) is 1. The molecule has 1 fully saturated rings. The van der Waals surface area contributed by atoms with Gasteiger partial charge < -0.3 is 14.5 Å². The number of oxazole rings is 1.